The van der Waals surface area contributed by atoms with Crippen LogP contribution in [0.5, 0.6) is 0 Å². The fraction of sp³-hybridized carbons (Fsp3) is 0.200. The maximum atomic E-state index is 3.52. The van der Waals surface area contributed by atoms with Gasteiger partial charge in [0.2, 0.25) is 0 Å². The van der Waals surface area contributed by atoms with Crippen molar-refractivity contribution in [2.24, 2.45) is 0 Å². The summed E-state index contributed by atoms with van der Waals surface area (Å²) in [6, 6.07) is 12.8. The van der Waals surface area contributed by atoms with Crippen LogP contribution >= 0.6 is 31.9 Å². The first kappa shape index (κ1) is 13.6. The van der Waals surface area contributed by atoms with Crippen molar-refractivity contribution in [2.45, 2.75) is 20.4 Å². The van der Waals surface area contributed by atoms with Gasteiger partial charge in [-0.1, -0.05) is 23.8 Å². The molecule has 0 aliphatic heterocycles. The summed E-state index contributed by atoms with van der Waals surface area (Å²) in [7, 11) is 0. The smallest absolute Gasteiger partial charge is 0.0401 e. The minimum Gasteiger partial charge on any atom is -0.381 e. The summed E-state index contributed by atoms with van der Waals surface area (Å²) in [5.41, 5.74) is 5.03. The van der Waals surface area contributed by atoms with Gasteiger partial charge in [-0.15, -0.1) is 0 Å². The van der Waals surface area contributed by atoms with Gasteiger partial charge in [-0.05, 0) is 75.0 Å². The predicted molar refractivity (Wildman–Crippen MR) is 85.1 cm³/mol. The summed E-state index contributed by atoms with van der Waals surface area (Å²) in [6.07, 6.45) is 0. The number of hydrogen-bond donors (Lipinski definition) is 1. The zero-order chi connectivity index (χ0) is 13.1. The molecule has 94 valence electrons. The molecule has 0 saturated heterocycles. The lowest BCUT2D eigenvalue weighted by atomic mass is 10.1. The molecule has 2 aromatic rings. The molecule has 1 nitrogen and oxygen atoms in total. The molecule has 0 radical (unpaired) electrons. The maximum absolute atomic E-state index is 3.52. The number of nitrogens with one attached hydrogen (secondary N) is 1. The largest absolute Gasteiger partial charge is 0.381 e. The molecule has 1 N–H and O–H groups in total. The Kier molecular flexibility index (Phi) is 4.46. The Morgan fingerprint density at radius 1 is 0.944 bits per heavy atom. The van der Waals surface area contributed by atoms with Gasteiger partial charge in [-0.25, -0.2) is 0 Å². The molecule has 0 aliphatic rings. The van der Waals surface area contributed by atoms with E-state index in [0.29, 0.717) is 0 Å². The predicted octanol–water partition coefficient (Wildman–Crippen LogP) is 5.44. The zero-order valence-corrected chi connectivity index (χ0v) is 13.6. The van der Waals surface area contributed by atoms with Crippen molar-refractivity contribution in [1.29, 1.82) is 0 Å². The first-order valence-electron chi connectivity index (χ1n) is 5.81. The van der Waals surface area contributed by atoms with Gasteiger partial charge in [0.25, 0.3) is 0 Å². The molecule has 0 atom stereocenters. The van der Waals surface area contributed by atoms with Crippen molar-refractivity contribution >= 4 is 37.5 Å². The third kappa shape index (κ3) is 3.36. The molecule has 0 aliphatic carbocycles. The van der Waals surface area contributed by atoms with E-state index in [9.17, 15) is 0 Å². The van der Waals surface area contributed by atoms with Crippen LogP contribution in [0.25, 0.3) is 0 Å². The summed E-state index contributed by atoms with van der Waals surface area (Å²) in [6.45, 7) is 5.07. The lowest BCUT2D eigenvalue weighted by Gasteiger charge is -2.11. The summed E-state index contributed by atoms with van der Waals surface area (Å²) >= 11 is 7.00. The summed E-state index contributed by atoms with van der Waals surface area (Å²) in [4.78, 5) is 0. The quantitative estimate of drug-likeness (QED) is 0.760. The second-order valence-corrected chi connectivity index (χ2v) is 6.13. The second kappa shape index (κ2) is 5.89. The van der Waals surface area contributed by atoms with E-state index in [2.05, 4.69) is 87.4 Å². The average Bonchev–Trinajstić information content (AvgIpc) is 2.32. The van der Waals surface area contributed by atoms with E-state index < -0.39 is 0 Å². The molecule has 0 bridgehead atoms. The molecule has 18 heavy (non-hydrogen) atoms. The number of benzene rings is 2. The van der Waals surface area contributed by atoms with Gasteiger partial charge in [-0.2, -0.15) is 0 Å². The molecule has 0 heterocycles. The fourth-order valence-electron chi connectivity index (χ4n) is 1.86. The molecule has 0 aromatic heterocycles. The maximum Gasteiger partial charge on any atom is 0.0401 e. The number of halogens is 2. The van der Waals surface area contributed by atoms with Crippen LogP contribution < -0.4 is 5.32 Å². The van der Waals surface area contributed by atoms with Crippen molar-refractivity contribution in [3.63, 3.8) is 0 Å². The van der Waals surface area contributed by atoms with E-state index in [4.69, 9.17) is 0 Å². The minimum atomic E-state index is 0.829. The fourth-order valence-corrected chi connectivity index (χ4v) is 2.53. The molecular formula is C15H15Br2N. The molecule has 3 heteroatoms. The van der Waals surface area contributed by atoms with E-state index in [1.807, 2.05) is 0 Å². The molecule has 2 rings (SSSR count). The van der Waals surface area contributed by atoms with Crippen molar-refractivity contribution in [3.8, 4) is 0 Å². The van der Waals surface area contributed by atoms with E-state index in [1.54, 1.807) is 0 Å². The summed E-state index contributed by atoms with van der Waals surface area (Å²) < 4.78 is 2.17. The van der Waals surface area contributed by atoms with Crippen molar-refractivity contribution in [2.75, 3.05) is 5.32 Å². The van der Waals surface area contributed by atoms with Gasteiger partial charge in [0.05, 0.1) is 0 Å². The van der Waals surface area contributed by atoms with Crippen molar-refractivity contribution < 1.29 is 0 Å². The Bertz CT molecular complexity index is 564. The zero-order valence-electron chi connectivity index (χ0n) is 10.4. The highest BCUT2D eigenvalue weighted by Crippen LogP contribution is 2.24. The topological polar surface area (TPSA) is 12.0 Å². The van der Waals surface area contributed by atoms with E-state index in [1.165, 1.54) is 22.4 Å². The SMILES string of the molecule is Cc1ccc(NCc2ccc(Br)c(Br)c2)c(C)c1. The Balaban J connectivity index is 2.09. The lowest BCUT2D eigenvalue weighted by Crippen LogP contribution is -2.01. The highest BCUT2D eigenvalue weighted by molar-refractivity contribution is 9.13. The molecule has 0 spiro atoms. The molecule has 0 amide bonds. The van der Waals surface area contributed by atoms with Crippen LogP contribution in [0.3, 0.4) is 0 Å². The molecular weight excluding hydrogens is 354 g/mol. The third-order valence-electron chi connectivity index (χ3n) is 2.85. The van der Waals surface area contributed by atoms with Crippen LogP contribution in [0, 0.1) is 13.8 Å². The average molecular weight is 369 g/mol. The van der Waals surface area contributed by atoms with Crippen molar-refractivity contribution in [1.82, 2.24) is 0 Å². The lowest BCUT2D eigenvalue weighted by molar-refractivity contribution is 1.13. The van der Waals surface area contributed by atoms with Gasteiger partial charge >= 0.3 is 0 Å². The number of anilines is 1. The molecule has 0 unspecified atom stereocenters. The van der Waals surface area contributed by atoms with Crippen LogP contribution in [0.1, 0.15) is 16.7 Å². The van der Waals surface area contributed by atoms with Crippen LogP contribution in [0.15, 0.2) is 45.3 Å². The Morgan fingerprint density at radius 2 is 1.72 bits per heavy atom. The first-order chi connectivity index (χ1) is 8.56. The number of aryl methyl sites for hydroxylation is 2. The van der Waals surface area contributed by atoms with E-state index in [0.717, 1.165) is 15.5 Å². The Morgan fingerprint density at radius 3 is 2.39 bits per heavy atom. The minimum absolute atomic E-state index is 0.829. The summed E-state index contributed by atoms with van der Waals surface area (Å²) in [5, 5.41) is 3.47. The molecule has 2 aromatic carbocycles. The van der Waals surface area contributed by atoms with Crippen LogP contribution in [0.4, 0.5) is 5.69 Å². The van der Waals surface area contributed by atoms with Crippen LogP contribution in [0.2, 0.25) is 0 Å². The van der Waals surface area contributed by atoms with Gasteiger partial charge in [0.1, 0.15) is 0 Å². The summed E-state index contributed by atoms with van der Waals surface area (Å²) in [5.74, 6) is 0. The highest BCUT2D eigenvalue weighted by atomic mass is 79.9. The number of hydrogen-bond acceptors (Lipinski definition) is 1. The molecule has 0 fully saturated rings. The second-order valence-electron chi connectivity index (χ2n) is 4.42. The third-order valence-corrected chi connectivity index (χ3v) is 4.73. The highest BCUT2D eigenvalue weighted by Gasteiger charge is 2.01. The normalized spacial score (nSPS) is 10.4. The number of rotatable bonds is 3. The standard InChI is InChI=1S/C15H15Br2N/c1-10-3-6-15(11(2)7-10)18-9-12-4-5-13(16)14(17)8-12/h3-8,18H,9H2,1-2H3. The van der Waals surface area contributed by atoms with Crippen molar-refractivity contribution in [3.05, 3.63) is 62.0 Å². The monoisotopic (exact) mass is 367 g/mol. The van der Waals surface area contributed by atoms with Gasteiger partial charge in [0, 0.05) is 21.2 Å². The van der Waals surface area contributed by atoms with Gasteiger partial charge < -0.3 is 5.32 Å². The first-order valence-corrected chi connectivity index (χ1v) is 7.40. The van der Waals surface area contributed by atoms with Gasteiger partial charge in [-0.3, -0.25) is 0 Å². The Hall–Kier alpha value is -0.800. The molecule has 0 saturated carbocycles. The van der Waals surface area contributed by atoms with E-state index in [-0.39, 0.29) is 0 Å². The Labute approximate surface area is 125 Å². The van der Waals surface area contributed by atoms with Crippen LogP contribution in [-0.2, 0) is 6.54 Å². The van der Waals surface area contributed by atoms with E-state index >= 15 is 0 Å². The van der Waals surface area contributed by atoms with Gasteiger partial charge in [0.15, 0.2) is 0 Å². The van der Waals surface area contributed by atoms with Crippen LogP contribution in [-0.4, -0.2) is 0 Å².